The number of unbranched alkanes of at least 4 members (excludes halogenated alkanes) is 5. The molecule has 0 saturated heterocycles. The fourth-order valence-electron chi connectivity index (χ4n) is 2.59. The molecule has 1 aliphatic heterocycles. The van der Waals surface area contributed by atoms with Crippen LogP contribution in [0.3, 0.4) is 0 Å². The molecule has 1 amide bonds. The molecular weight excluding hydrogens is 274 g/mol. The van der Waals surface area contributed by atoms with Crippen LogP contribution in [0.4, 0.5) is 5.69 Å². The molecule has 2 rings (SSSR count). The monoisotopic (exact) mass is 301 g/mol. The van der Waals surface area contributed by atoms with Crippen LogP contribution in [0.15, 0.2) is 29.3 Å². The number of carbonyl (C=O) groups excluding carboxylic acids is 1. The smallest absolute Gasteiger partial charge is 0.224 e. The van der Waals surface area contributed by atoms with Gasteiger partial charge < -0.3 is 10.6 Å². The molecule has 0 fully saturated rings. The Labute approximate surface area is 133 Å². The lowest BCUT2D eigenvalue weighted by atomic mass is 10.1. The zero-order valence-corrected chi connectivity index (χ0v) is 13.5. The van der Waals surface area contributed by atoms with Gasteiger partial charge in [-0.1, -0.05) is 39.0 Å². The highest BCUT2D eigenvalue weighted by atomic mass is 16.1. The first-order valence-corrected chi connectivity index (χ1v) is 8.48. The minimum absolute atomic E-state index is 0.111. The van der Waals surface area contributed by atoms with Crippen LogP contribution in [0.25, 0.3) is 0 Å². The molecule has 0 radical (unpaired) electrons. The van der Waals surface area contributed by atoms with E-state index in [1.807, 2.05) is 24.3 Å². The molecule has 2 N–H and O–H groups in total. The van der Waals surface area contributed by atoms with E-state index < -0.39 is 0 Å². The molecule has 0 spiro atoms. The van der Waals surface area contributed by atoms with E-state index in [9.17, 15) is 4.79 Å². The molecule has 1 heterocycles. The van der Waals surface area contributed by atoms with E-state index in [0.29, 0.717) is 6.42 Å². The van der Waals surface area contributed by atoms with Crippen molar-refractivity contribution in [2.24, 2.45) is 4.99 Å². The number of hydrogen-bond acceptors (Lipinski definition) is 3. The Morgan fingerprint density at radius 3 is 2.55 bits per heavy atom. The van der Waals surface area contributed by atoms with Crippen LogP contribution in [-0.4, -0.2) is 24.8 Å². The normalized spacial score (nSPS) is 13.6. The second-order valence-corrected chi connectivity index (χ2v) is 5.80. The lowest BCUT2D eigenvalue weighted by molar-refractivity contribution is -0.116. The highest BCUT2D eigenvalue weighted by Crippen LogP contribution is 2.12. The Morgan fingerprint density at radius 2 is 1.86 bits per heavy atom. The molecular formula is C18H27N3O. The summed E-state index contributed by atoms with van der Waals surface area (Å²) in [6.07, 6.45) is 7.84. The standard InChI is InChI=1S/C18H27N3O/c1-2-3-4-5-6-7-8-17(22)21-16-11-9-15(10-12-16)18-19-13-14-20-18/h9-12H,2-8,13-14H2,1H3,(H,19,20)(H,21,22). The molecule has 1 aliphatic rings. The number of rotatable bonds is 9. The fourth-order valence-corrected chi connectivity index (χ4v) is 2.59. The molecule has 0 saturated carbocycles. The molecule has 1 aromatic carbocycles. The molecule has 0 atom stereocenters. The maximum atomic E-state index is 11.9. The van der Waals surface area contributed by atoms with Crippen molar-refractivity contribution < 1.29 is 4.79 Å². The van der Waals surface area contributed by atoms with Gasteiger partial charge in [0.15, 0.2) is 0 Å². The third-order valence-electron chi connectivity index (χ3n) is 3.87. The molecule has 0 bridgehead atoms. The van der Waals surface area contributed by atoms with Crippen molar-refractivity contribution in [3.63, 3.8) is 0 Å². The van der Waals surface area contributed by atoms with Gasteiger partial charge in [0, 0.05) is 24.2 Å². The summed E-state index contributed by atoms with van der Waals surface area (Å²) in [7, 11) is 0. The van der Waals surface area contributed by atoms with Crippen molar-refractivity contribution in [1.29, 1.82) is 0 Å². The molecule has 0 aliphatic carbocycles. The summed E-state index contributed by atoms with van der Waals surface area (Å²) in [6.45, 7) is 3.96. The highest BCUT2D eigenvalue weighted by molar-refractivity contribution is 6.00. The zero-order chi connectivity index (χ0) is 15.6. The Morgan fingerprint density at radius 1 is 1.14 bits per heavy atom. The Kier molecular flexibility index (Phi) is 6.94. The van der Waals surface area contributed by atoms with E-state index >= 15 is 0 Å². The molecule has 4 heteroatoms. The van der Waals surface area contributed by atoms with Gasteiger partial charge in [0.1, 0.15) is 5.84 Å². The van der Waals surface area contributed by atoms with Gasteiger partial charge >= 0.3 is 0 Å². The summed E-state index contributed by atoms with van der Waals surface area (Å²) in [6, 6.07) is 7.88. The molecule has 0 aromatic heterocycles. The summed E-state index contributed by atoms with van der Waals surface area (Å²) in [4.78, 5) is 16.3. The van der Waals surface area contributed by atoms with Gasteiger partial charge in [-0.25, -0.2) is 0 Å². The number of aliphatic imine (C=N–C) groups is 1. The largest absolute Gasteiger partial charge is 0.368 e. The minimum atomic E-state index is 0.111. The first kappa shape index (κ1) is 16.5. The van der Waals surface area contributed by atoms with Crippen molar-refractivity contribution in [2.75, 3.05) is 18.4 Å². The summed E-state index contributed by atoms with van der Waals surface area (Å²) in [5, 5.41) is 6.21. The van der Waals surface area contributed by atoms with E-state index in [-0.39, 0.29) is 5.91 Å². The first-order chi connectivity index (χ1) is 10.8. The van der Waals surface area contributed by atoms with Crippen molar-refractivity contribution in [3.05, 3.63) is 29.8 Å². The third-order valence-corrected chi connectivity index (χ3v) is 3.87. The van der Waals surface area contributed by atoms with Crippen LogP contribution in [0.1, 0.15) is 57.4 Å². The van der Waals surface area contributed by atoms with Crippen molar-refractivity contribution in [1.82, 2.24) is 5.32 Å². The van der Waals surface area contributed by atoms with Crippen LogP contribution >= 0.6 is 0 Å². The number of nitrogens with zero attached hydrogens (tertiary/aromatic N) is 1. The second-order valence-electron chi connectivity index (χ2n) is 5.80. The SMILES string of the molecule is CCCCCCCCC(=O)Nc1ccc(C2=NCCN2)cc1. The van der Waals surface area contributed by atoms with Gasteiger partial charge in [0.25, 0.3) is 0 Å². The van der Waals surface area contributed by atoms with Gasteiger partial charge in [-0.3, -0.25) is 9.79 Å². The lowest BCUT2D eigenvalue weighted by Crippen LogP contribution is -2.19. The maximum Gasteiger partial charge on any atom is 0.224 e. The third kappa shape index (κ3) is 5.51. The van der Waals surface area contributed by atoms with Crippen molar-refractivity contribution in [3.8, 4) is 0 Å². The molecule has 1 aromatic rings. The van der Waals surface area contributed by atoms with Gasteiger partial charge in [0.05, 0.1) is 6.54 Å². The quantitative estimate of drug-likeness (QED) is 0.683. The molecule has 22 heavy (non-hydrogen) atoms. The number of carbonyl (C=O) groups is 1. The fraction of sp³-hybridized carbons (Fsp3) is 0.556. The number of amides is 1. The predicted octanol–water partition coefficient (Wildman–Crippen LogP) is 3.73. The topological polar surface area (TPSA) is 53.5 Å². The first-order valence-electron chi connectivity index (χ1n) is 8.48. The molecule has 120 valence electrons. The second kappa shape index (κ2) is 9.23. The average molecular weight is 301 g/mol. The minimum Gasteiger partial charge on any atom is -0.368 e. The van der Waals surface area contributed by atoms with Crippen molar-refractivity contribution in [2.45, 2.75) is 51.9 Å². The average Bonchev–Trinajstić information content (AvgIpc) is 3.06. The lowest BCUT2D eigenvalue weighted by Gasteiger charge is -2.07. The number of anilines is 1. The van der Waals surface area contributed by atoms with Gasteiger partial charge in [-0.15, -0.1) is 0 Å². The van der Waals surface area contributed by atoms with Gasteiger partial charge in [0.2, 0.25) is 5.91 Å². The van der Waals surface area contributed by atoms with Gasteiger partial charge in [-0.05, 0) is 30.7 Å². The van der Waals surface area contributed by atoms with E-state index in [4.69, 9.17) is 0 Å². The van der Waals surface area contributed by atoms with E-state index in [1.165, 1.54) is 25.7 Å². The Bertz CT molecular complexity index is 494. The van der Waals surface area contributed by atoms with Crippen molar-refractivity contribution >= 4 is 17.4 Å². The number of benzene rings is 1. The van der Waals surface area contributed by atoms with Crippen LogP contribution in [0, 0.1) is 0 Å². The van der Waals surface area contributed by atoms with E-state index in [2.05, 4.69) is 22.5 Å². The summed E-state index contributed by atoms with van der Waals surface area (Å²) >= 11 is 0. The van der Waals surface area contributed by atoms with Gasteiger partial charge in [-0.2, -0.15) is 0 Å². The molecule has 0 unspecified atom stereocenters. The number of hydrogen-bond donors (Lipinski definition) is 2. The number of amidine groups is 1. The summed E-state index contributed by atoms with van der Waals surface area (Å²) in [5.74, 6) is 1.06. The maximum absolute atomic E-state index is 11.9. The summed E-state index contributed by atoms with van der Waals surface area (Å²) in [5.41, 5.74) is 1.93. The van der Waals surface area contributed by atoms with E-state index in [0.717, 1.165) is 43.0 Å². The van der Waals surface area contributed by atoms with Crippen LogP contribution in [0.5, 0.6) is 0 Å². The predicted molar refractivity (Wildman–Crippen MR) is 92.5 cm³/mol. The number of nitrogens with one attached hydrogen (secondary N) is 2. The Balaban J connectivity index is 1.68. The zero-order valence-electron chi connectivity index (χ0n) is 13.5. The van der Waals surface area contributed by atoms with Crippen LogP contribution < -0.4 is 10.6 Å². The Hall–Kier alpha value is -1.84. The van der Waals surface area contributed by atoms with Crippen LogP contribution in [-0.2, 0) is 4.79 Å². The summed E-state index contributed by atoms with van der Waals surface area (Å²) < 4.78 is 0. The van der Waals surface area contributed by atoms with E-state index in [1.54, 1.807) is 0 Å². The highest BCUT2D eigenvalue weighted by Gasteiger charge is 2.08. The molecule has 4 nitrogen and oxygen atoms in total. The van der Waals surface area contributed by atoms with Crippen LogP contribution in [0.2, 0.25) is 0 Å².